The molecule has 0 unspecified atom stereocenters. The number of rotatable bonds is 4. The Balaban J connectivity index is 2.32. The van der Waals surface area contributed by atoms with Crippen molar-refractivity contribution >= 4 is 21.4 Å². The van der Waals surface area contributed by atoms with Gasteiger partial charge in [0.25, 0.3) is 0 Å². The number of aryl methyl sites for hydroxylation is 1. The lowest BCUT2D eigenvalue weighted by Gasteiger charge is -2.21. The summed E-state index contributed by atoms with van der Waals surface area (Å²) in [6.45, 7) is 2.43. The zero-order chi connectivity index (χ0) is 15.6. The number of nitrogens with two attached hydrogens (primary N) is 2. The molecule has 0 fully saturated rings. The third kappa shape index (κ3) is 3.71. The van der Waals surface area contributed by atoms with Crippen LogP contribution in [0.15, 0.2) is 41.3 Å². The van der Waals surface area contributed by atoms with Crippen LogP contribution in [-0.4, -0.2) is 20.4 Å². The Morgan fingerprint density at radius 2 is 1.95 bits per heavy atom. The van der Waals surface area contributed by atoms with E-state index in [4.69, 9.17) is 10.9 Å². The first-order chi connectivity index (χ1) is 9.77. The molecule has 1 heterocycles. The first-order valence-electron chi connectivity index (χ1n) is 6.33. The standard InChI is InChI=1S/C14H18N4O2S/c1-10-4-3-5-11(17-10)9-18(2)14-8-12(21(16,19)20)6-7-13(14)15/h3-8H,9,15H2,1-2H3,(H2,16,19,20). The Labute approximate surface area is 124 Å². The van der Waals surface area contributed by atoms with Crippen molar-refractivity contribution in [3.05, 3.63) is 47.8 Å². The van der Waals surface area contributed by atoms with Gasteiger partial charge in [0.15, 0.2) is 0 Å². The number of pyridine rings is 1. The van der Waals surface area contributed by atoms with E-state index >= 15 is 0 Å². The molecule has 6 nitrogen and oxygen atoms in total. The molecule has 0 amide bonds. The van der Waals surface area contributed by atoms with Crippen LogP contribution in [-0.2, 0) is 16.6 Å². The van der Waals surface area contributed by atoms with Gasteiger partial charge in [-0.2, -0.15) is 0 Å². The molecular formula is C14H18N4O2S. The molecule has 1 aromatic heterocycles. The maximum atomic E-state index is 11.4. The molecule has 1 aromatic carbocycles. The minimum Gasteiger partial charge on any atom is -0.397 e. The summed E-state index contributed by atoms with van der Waals surface area (Å²) >= 11 is 0. The minimum absolute atomic E-state index is 0.0377. The van der Waals surface area contributed by atoms with Crippen molar-refractivity contribution in [2.24, 2.45) is 5.14 Å². The second kappa shape index (κ2) is 5.71. The monoisotopic (exact) mass is 306 g/mol. The van der Waals surface area contributed by atoms with E-state index in [9.17, 15) is 8.42 Å². The molecular weight excluding hydrogens is 288 g/mol. The number of sulfonamides is 1. The van der Waals surface area contributed by atoms with Crippen LogP contribution in [0.5, 0.6) is 0 Å². The number of hydrogen-bond acceptors (Lipinski definition) is 5. The molecule has 0 aliphatic rings. The highest BCUT2D eigenvalue weighted by molar-refractivity contribution is 7.89. The molecule has 0 saturated heterocycles. The molecule has 112 valence electrons. The number of nitrogen functional groups attached to an aromatic ring is 1. The number of hydrogen-bond donors (Lipinski definition) is 2. The van der Waals surface area contributed by atoms with E-state index in [1.807, 2.05) is 37.1 Å². The summed E-state index contributed by atoms with van der Waals surface area (Å²) in [5, 5.41) is 5.15. The highest BCUT2D eigenvalue weighted by Gasteiger charge is 2.13. The largest absolute Gasteiger partial charge is 0.397 e. The second-order valence-electron chi connectivity index (χ2n) is 4.89. The average molecular weight is 306 g/mol. The van der Waals surface area contributed by atoms with Crippen LogP contribution in [0.2, 0.25) is 0 Å². The fourth-order valence-corrected chi connectivity index (χ4v) is 2.58. The molecule has 0 aliphatic heterocycles. The van der Waals surface area contributed by atoms with Gasteiger partial charge >= 0.3 is 0 Å². The van der Waals surface area contributed by atoms with Crippen LogP contribution in [0.3, 0.4) is 0 Å². The maximum absolute atomic E-state index is 11.4. The molecule has 0 bridgehead atoms. The molecule has 4 N–H and O–H groups in total. The Morgan fingerprint density at radius 3 is 2.57 bits per heavy atom. The molecule has 2 aromatic rings. The van der Waals surface area contributed by atoms with Crippen molar-refractivity contribution in [1.82, 2.24) is 4.98 Å². The lowest BCUT2D eigenvalue weighted by atomic mass is 10.2. The third-order valence-electron chi connectivity index (χ3n) is 3.09. The Hall–Kier alpha value is -2.12. The zero-order valence-electron chi connectivity index (χ0n) is 11.9. The van der Waals surface area contributed by atoms with E-state index in [0.717, 1.165) is 11.4 Å². The van der Waals surface area contributed by atoms with Gasteiger partial charge < -0.3 is 10.6 Å². The van der Waals surface area contributed by atoms with E-state index in [2.05, 4.69) is 4.98 Å². The normalized spacial score (nSPS) is 11.4. The van der Waals surface area contributed by atoms with Gasteiger partial charge in [-0.25, -0.2) is 13.6 Å². The van der Waals surface area contributed by atoms with Gasteiger partial charge in [0.1, 0.15) is 0 Å². The van der Waals surface area contributed by atoms with Crippen molar-refractivity contribution in [3.63, 3.8) is 0 Å². The van der Waals surface area contributed by atoms with Crippen LogP contribution in [0, 0.1) is 6.92 Å². The fraction of sp³-hybridized carbons (Fsp3) is 0.214. The van der Waals surface area contributed by atoms with E-state index in [1.165, 1.54) is 18.2 Å². The summed E-state index contributed by atoms with van der Waals surface area (Å²) in [5.41, 5.74) is 8.80. The topological polar surface area (TPSA) is 102 Å². The lowest BCUT2D eigenvalue weighted by Crippen LogP contribution is -2.20. The van der Waals surface area contributed by atoms with Gasteiger partial charge in [0, 0.05) is 12.7 Å². The number of anilines is 2. The van der Waals surface area contributed by atoms with Gasteiger partial charge in [-0.05, 0) is 37.3 Å². The third-order valence-corrected chi connectivity index (χ3v) is 4.00. The molecule has 21 heavy (non-hydrogen) atoms. The van der Waals surface area contributed by atoms with Crippen LogP contribution in [0.1, 0.15) is 11.4 Å². The van der Waals surface area contributed by atoms with Gasteiger partial charge in [-0.15, -0.1) is 0 Å². The van der Waals surface area contributed by atoms with Crippen molar-refractivity contribution in [1.29, 1.82) is 0 Å². The SMILES string of the molecule is Cc1cccc(CN(C)c2cc(S(N)(=O)=O)ccc2N)n1. The number of aromatic nitrogens is 1. The number of nitrogens with zero attached hydrogens (tertiary/aromatic N) is 2. The van der Waals surface area contributed by atoms with Crippen LogP contribution >= 0.6 is 0 Å². The van der Waals surface area contributed by atoms with Gasteiger partial charge in [-0.3, -0.25) is 4.98 Å². The summed E-state index contributed by atoms with van der Waals surface area (Å²) in [6, 6.07) is 10.2. The Kier molecular flexibility index (Phi) is 4.15. The highest BCUT2D eigenvalue weighted by Crippen LogP contribution is 2.26. The Bertz CT molecular complexity index is 759. The van der Waals surface area contributed by atoms with Crippen LogP contribution in [0.4, 0.5) is 11.4 Å². The lowest BCUT2D eigenvalue weighted by molar-refractivity contribution is 0.598. The van der Waals surface area contributed by atoms with E-state index in [0.29, 0.717) is 17.9 Å². The van der Waals surface area contributed by atoms with E-state index in [1.54, 1.807) is 0 Å². The Morgan fingerprint density at radius 1 is 1.24 bits per heavy atom. The van der Waals surface area contributed by atoms with Crippen molar-refractivity contribution in [2.75, 3.05) is 17.7 Å². The molecule has 0 aliphatic carbocycles. The summed E-state index contributed by atoms with van der Waals surface area (Å²) in [7, 11) is -1.93. The van der Waals surface area contributed by atoms with Gasteiger partial charge in [0.2, 0.25) is 10.0 Å². The molecule has 7 heteroatoms. The molecule has 0 saturated carbocycles. The summed E-state index contributed by atoms with van der Waals surface area (Å²) < 4.78 is 22.9. The summed E-state index contributed by atoms with van der Waals surface area (Å²) in [6.07, 6.45) is 0. The quantitative estimate of drug-likeness (QED) is 0.828. The molecule has 2 rings (SSSR count). The summed E-state index contributed by atoms with van der Waals surface area (Å²) in [5.74, 6) is 0. The second-order valence-corrected chi connectivity index (χ2v) is 6.45. The average Bonchev–Trinajstić information content (AvgIpc) is 2.37. The maximum Gasteiger partial charge on any atom is 0.238 e. The number of primary sulfonamides is 1. The van der Waals surface area contributed by atoms with Gasteiger partial charge in [0.05, 0.1) is 28.5 Å². The summed E-state index contributed by atoms with van der Waals surface area (Å²) in [4.78, 5) is 6.29. The highest BCUT2D eigenvalue weighted by atomic mass is 32.2. The predicted octanol–water partition coefficient (Wildman–Crippen LogP) is 1.26. The molecule has 0 radical (unpaired) electrons. The van der Waals surface area contributed by atoms with E-state index in [-0.39, 0.29) is 4.90 Å². The minimum atomic E-state index is -3.75. The first kappa shape index (κ1) is 15.3. The van der Waals surface area contributed by atoms with Crippen LogP contribution in [0.25, 0.3) is 0 Å². The first-order valence-corrected chi connectivity index (χ1v) is 7.88. The van der Waals surface area contributed by atoms with Crippen molar-refractivity contribution in [3.8, 4) is 0 Å². The van der Waals surface area contributed by atoms with Gasteiger partial charge in [-0.1, -0.05) is 6.07 Å². The van der Waals surface area contributed by atoms with Crippen LogP contribution < -0.4 is 15.8 Å². The predicted molar refractivity (Wildman–Crippen MR) is 83.3 cm³/mol. The zero-order valence-corrected chi connectivity index (χ0v) is 12.8. The van der Waals surface area contributed by atoms with Crippen molar-refractivity contribution in [2.45, 2.75) is 18.4 Å². The van der Waals surface area contributed by atoms with Crippen molar-refractivity contribution < 1.29 is 8.42 Å². The molecule has 0 atom stereocenters. The smallest absolute Gasteiger partial charge is 0.238 e. The van der Waals surface area contributed by atoms with E-state index < -0.39 is 10.0 Å². The molecule has 0 spiro atoms. The number of benzene rings is 1. The fourth-order valence-electron chi connectivity index (χ4n) is 2.05.